The minimum atomic E-state index is -4.14. The Morgan fingerprint density at radius 1 is 0.912 bits per heavy atom. The predicted octanol–water partition coefficient (Wildman–Crippen LogP) is 7.15. The molecule has 0 atom stereocenters. The zero-order valence-corrected chi connectivity index (χ0v) is 20.8. The number of hydrogen-bond donors (Lipinski definition) is 1. The van der Waals surface area contributed by atoms with Gasteiger partial charge in [-0.1, -0.05) is 29.3 Å². The minimum Gasteiger partial charge on any atom is -0.497 e. The molecule has 1 N–H and O–H groups in total. The van der Waals surface area contributed by atoms with E-state index < -0.39 is 26.6 Å². The Labute approximate surface area is 209 Å². The molecule has 4 nitrogen and oxygen atoms in total. The van der Waals surface area contributed by atoms with Gasteiger partial charge in [0, 0.05) is 43.5 Å². The maximum absolute atomic E-state index is 13.5. The Morgan fingerprint density at radius 3 is 2.21 bits per heavy atom. The maximum atomic E-state index is 13.5. The number of rotatable bonds is 7. The first-order chi connectivity index (χ1) is 16.2. The monoisotopic (exact) mass is 539 g/mol. The third-order valence-corrected chi connectivity index (χ3v) is 8.05. The van der Waals surface area contributed by atoms with Gasteiger partial charge in [0.2, 0.25) is 10.0 Å². The molecule has 0 amide bonds. The molecular formula is C24H17Cl2F2NO3S2. The van der Waals surface area contributed by atoms with E-state index in [1.807, 2.05) is 30.3 Å². The summed E-state index contributed by atoms with van der Waals surface area (Å²) in [7, 11) is -2.57. The van der Waals surface area contributed by atoms with Crippen LogP contribution < -0.4 is 9.46 Å². The molecule has 0 radical (unpaired) electrons. The number of thiophene rings is 1. The van der Waals surface area contributed by atoms with Gasteiger partial charge >= 0.3 is 0 Å². The second-order valence-corrected chi connectivity index (χ2v) is 11.0. The third-order valence-electron chi connectivity index (χ3n) is 4.94. The van der Waals surface area contributed by atoms with Gasteiger partial charge in [0.25, 0.3) is 0 Å². The van der Waals surface area contributed by atoms with E-state index in [2.05, 4.69) is 4.72 Å². The lowest BCUT2D eigenvalue weighted by Crippen LogP contribution is -2.23. The largest absolute Gasteiger partial charge is 0.497 e. The van der Waals surface area contributed by atoms with Crippen molar-refractivity contribution < 1.29 is 21.9 Å². The van der Waals surface area contributed by atoms with E-state index >= 15 is 0 Å². The first kappa shape index (κ1) is 24.6. The molecule has 176 valence electrons. The highest BCUT2D eigenvalue weighted by atomic mass is 35.5. The number of halogens is 4. The standard InChI is InChI=1S/C24H17Cl2F2NO3S2/c1-32-18-5-2-14(3-6-18)24-22(21-7-4-15(25)8-23(21)26)12-19(33-24)13-29-34(30,31)20-10-16(27)9-17(28)11-20/h2-12,29H,13H2,1H3. The Hall–Kier alpha value is -2.49. The van der Waals surface area contributed by atoms with Gasteiger partial charge in [0.15, 0.2) is 0 Å². The van der Waals surface area contributed by atoms with Crippen molar-refractivity contribution in [2.45, 2.75) is 11.4 Å². The van der Waals surface area contributed by atoms with E-state index in [1.54, 1.807) is 25.3 Å². The minimum absolute atomic E-state index is 0.0838. The number of ether oxygens (including phenoxy) is 1. The molecule has 0 aliphatic carbocycles. The van der Waals surface area contributed by atoms with Crippen LogP contribution in [0.2, 0.25) is 10.0 Å². The number of methoxy groups -OCH3 is 1. The second kappa shape index (κ2) is 10.0. The van der Waals surface area contributed by atoms with Crippen molar-refractivity contribution in [1.82, 2.24) is 4.72 Å². The number of nitrogens with one attached hydrogen (secondary N) is 1. The van der Waals surface area contributed by atoms with Crippen molar-refractivity contribution >= 4 is 44.6 Å². The highest BCUT2D eigenvalue weighted by Gasteiger charge is 2.20. The molecule has 1 aromatic heterocycles. The summed E-state index contributed by atoms with van der Waals surface area (Å²) in [6.07, 6.45) is 0. The second-order valence-electron chi connectivity index (χ2n) is 7.24. The molecule has 0 saturated carbocycles. The van der Waals surface area contributed by atoms with Crippen molar-refractivity contribution in [2.24, 2.45) is 0 Å². The molecule has 1 heterocycles. The molecule has 4 rings (SSSR count). The summed E-state index contributed by atoms with van der Waals surface area (Å²) in [4.78, 5) is 1.04. The average molecular weight is 540 g/mol. The van der Waals surface area contributed by atoms with E-state index in [0.717, 1.165) is 33.7 Å². The summed E-state index contributed by atoms with van der Waals surface area (Å²) in [6, 6.07) is 16.5. The predicted molar refractivity (Wildman–Crippen MR) is 132 cm³/mol. The number of hydrogen-bond acceptors (Lipinski definition) is 4. The van der Waals surface area contributed by atoms with Crippen molar-refractivity contribution in [3.05, 3.63) is 93.3 Å². The molecule has 34 heavy (non-hydrogen) atoms. The van der Waals surface area contributed by atoms with Crippen LogP contribution >= 0.6 is 34.5 Å². The Bertz CT molecular complexity index is 1440. The molecule has 0 bridgehead atoms. The number of benzene rings is 3. The van der Waals surface area contributed by atoms with Crippen LogP contribution in [0.3, 0.4) is 0 Å². The fraction of sp³-hybridized carbons (Fsp3) is 0.0833. The summed E-state index contributed by atoms with van der Waals surface area (Å²) < 4.78 is 59.9. The van der Waals surface area contributed by atoms with Crippen molar-refractivity contribution in [2.75, 3.05) is 7.11 Å². The van der Waals surface area contributed by atoms with Crippen LogP contribution in [0, 0.1) is 11.6 Å². The van der Waals surface area contributed by atoms with E-state index in [0.29, 0.717) is 26.7 Å². The lowest BCUT2D eigenvalue weighted by molar-refractivity contribution is 0.415. The van der Waals surface area contributed by atoms with E-state index in [1.165, 1.54) is 11.3 Å². The highest BCUT2D eigenvalue weighted by molar-refractivity contribution is 7.89. The molecule has 10 heteroatoms. The van der Waals surface area contributed by atoms with E-state index in [4.69, 9.17) is 27.9 Å². The van der Waals surface area contributed by atoms with Crippen molar-refractivity contribution in [3.63, 3.8) is 0 Å². The molecule has 0 fully saturated rings. The first-order valence-electron chi connectivity index (χ1n) is 9.84. The molecule has 0 unspecified atom stereocenters. The number of sulfonamides is 1. The third kappa shape index (κ3) is 5.42. The van der Waals surface area contributed by atoms with Gasteiger partial charge < -0.3 is 4.74 Å². The SMILES string of the molecule is COc1ccc(-c2sc(CNS(=O)(=O)c3cc(F)cc(F)c3)cc2-c2ccc(Cl)cc2Cl)cc1. The van der Waals surface area contributed by atoms with Gasteiger partial charge in [-0.3, -0.25) is 0 Å². The van der Waals surface area contributed by atoms with Gasteiger partial charge in [0.05, 0.1) is 12.0 Å². The van der Waals surface area contributed by atoms with Crippen LogP contribution in [-0.2, 0) is 16.6 Å². The fourth-order valence-electron chi connectivity index (χ4n) is 3.33. The lowest BCUT2D eigenvalue weighted by atomic mass is 10.0. The van der Waals surface area contributed by atoms with Crippen LogP contribution in [0.4, 0.5) is 8.78 Å². The molecule has 0 aliphatic rings. The summed E-state index contributed by atoms with van der Waals surface area (Å²) in [6.45, 7) is -0.0838. The molecule has 3 aromatic carbocycles. The van der Waals surface area contributed by atoms with Crippen LogP contribution in [0.1, 0.15) is 4.88 Å². The quantitative estimate of drug-likeness (QED) is 0.271. The van der Waals surface area contributed by atoms with Gasteiger partial charge in [0.1, 0.15) is 17.4 Å². The van der Waals surface area contributed by atoms with Crippen LogP contribution in [-0.4, -0.2) is 15.5 Å². The van der Waals surface area contributed by atoms with Crippen LogP contribution in [0.25, 0.3) is 21.6 Å². The van der Waals surface area contributed by atoms with E-state index in [-0.39, 0.29) is 6.54 Å². The first-order valence-corrected chi connectivity index (χ1v) is 12.9. The zero-order valence-electron chi connectivity index (χ0n) is 17.6. The summed E-state index contributed by atoms with van der Waals surface area (Å²) in [5, 5.41) is 0.938. The molecule has 0 aliphatic heterocycles. The van der Waals surface area contributed by atoms with Gasteiger partial charge in [-0.05, 0) is 60.2 Å². The molecular weight excluding hydrogens is 523 g/mol. The van der Waals surface area contributed by atoms with Gasteiger partial charge in [-0.2, -0.15) is 0 Å². The molecule has 4 aromatic rings. The smallest absolute Gasteiger partial charge is 0.241 e. The van der Waals surface area contributed by atoms with Crippen LogP contribution in [0.5, 0.6) is 5.75 Å². The summed E-state index contributed by atoms with van der Waals surface area (Å²) in [5.41, 5.74) is 2.41. The molecule has 0 spiro atoms. The fourth-order valence-corrected chi connectivity index (χ4v) is 6.09. The lowest BCUT2D eigenvalue weighted by Gasteiger charge is -2.08. The van der Waals surface area contributed by atoms with E-state index in [9.17, 15) is 17.2 Å². The Balaban J connectivity index is 1.71. The van der Waals surface area contributed by atoms with Crippen molar-refractivity contribution in [1.29, 1.82) is 0 Å². The van der Waals surface area contributed by atoms with Crippen molar-refractivity contribution in [3.8, 4) is 27.3 Å². The Kier molecular flexibility index (Phi) is 7.25. The average Bonchev–Trinajstić information content (AvgIpc) is 3.21. The van der Waals surface area contributed by atoms with Gasteiger partial charge in [-0.25, -0.2) is 21.9 Å². The highest BCUT2D eigenvalue weighted by Crippen LogP contribution is 2.43. The topological polar surface area (TPSA) is 55.4 Å². The normalized spacial score (nSPS) is 11.6. The molecule has 0 saturated heterocycles. The Morgan fingerprint density at radius 2 is 1.59 bits per heavy atom. The van der Waals surface area contributed by atoms with Gasteiger partial charge in [-0.15, -0.1) is 11.3 Å². The maximum Gasteiger partial charge on any atom is 0.241 e. The van der Waals surface area contributed by atoms with Crippen LogP contribution in [0.15, 0.2) is 71.6 Å². The summed E-state index contributed by atoms with van der Waals surface area (Å²) in [5.74, 6) is -1.25. The zero-order chi connectivity index (χ0) is 24.5. The summed E-state index contributed by atoms with van der Waals surface area (Å²) >= 11 is 13.9.